The number of esters is 1. The van der Waals surface area contributed by atoms with Crippen molar-refractivity contribution in [2.24, 2.45) is 0 Å². The number of benzene rings is 4. The second-order valence-corrected chi connectivity index (χ2v) is 11.0. The van der Waals surface area contributed by atoms with Gasteiger partial charge in [0.25, 0.3) is 0 Å². The highest BCUT2D eigenvalue weighted by Gasteiger charge is 2.52. The Labute approximate surface area is 247 Å². The summed E-state index contributed by atoms with van der Waals surface area (Å²) < 4.78 is 8.35. The van der Waals surface area contributed by atoms with Gasteiger partial charge in [-0.25, -0.2) is 4.79 Å². The van der Waals surface area contributed by atoms with E-state index in [0.717, 1.165) is 56.1 Å². The molecule has 1 atom stereocenters. The number of carbonyl (C=O) groups excluding carboxylic acids is 1. The van der Waals surface area contributed by atoms with Gasteiger partial charge in [0.15, 0.2) is 5.60 Å². The highest BCUT2D eigenvalue weighted by Crippen LogP contribution is 2.54. The number of hydrogen-bond donors (Lipinski definition) is 2. The summed E-state index contributed by atoms with van der Waals surface area (Å²) >= 11 is 4.85. The van der Waals surface area contributed by atoms with Gasteiger partial charge >= 0.3 is 5.97 Å². The van der Waals surface area contributed by atoms with Gasteiger partial charge in [-0.1, -0.05) is 85.6 Å². The average Bonchev–Trinajstić information content (AvgIpc) is 3.25. The van der Waals surface area contributed by atoms with E-state index >= 15 is 0 Å². The van der Waals surface area contributed by atoms with Gasteiger partial charge in [0.2, 0.25) is 0 Å². The van der Waals surface area contributed by atoms with Gasteiger partial charge in [-0.2, -0.15) is 0 Å². The number of carbonyl (C=O) groups is 1. The monoisotopic (exact) mass is 556 g/mol. The number of thiol groups is 1. The number of hydrogen-bond acceptors (Lipinski definition) is 5. The first-order valence-corrected chi connectivity index (χ1v) is 14.1. The van der Waals surface area contributed by atoms with Gasteiger partial charge in [0.05, 0.1) is 16.9 Å². The van der Waals surface area contributed by atoms with Crippen molar-refractivity contribution in [3.05, 3.63) is 154 Å². The molecule has 1 aliphatic carbocycles. The zero-order valence-corrected chi connectivity index (χ0v) is 24.3. The minimum absolute atomic E-state index is 0.371. The molecule has 6 rings (SSSR count). The molecular weight excluding hydrogens is 524 g/mol. The standard InChI is InChI=1S/C36H32N2O2S/c1-5-10-32-30(6-2)35(39)40-36(32)31-18-17-29(38(41)28-15-13-23(3)14-16-28)21-26(31)20-25-19-24(4)34(22-33(25)36)37-27-11-8-7-9-12-27/h5-19,21-22,37,41H,2,20H2,1,3-4H3/b10-5-. The Hall–Kier alpha value is -4.48. The fourth-order valence-corrected chi connectivity index (χ4v) is 6.21. The van der Waals surface area contributed by atoms with Crippen LogP contribution in [0.1, 0.15) is 40.3 Å². The Bertz CT molecular complexity index is 1740. The number of aryl methyl sites for hydroxylation is 2. The molecule has 4 aromatic carbocycles. The molecule has 0 saturated heterocycles. The van der Waals surface area contributed by atoms with Crippen LogP contribution < -0.4 is 9.62 Å². The summed E-state index contributed by atoms with van der Waals surface area (Å²) in [5.41, 5.74) is 10.5. The molecule has 1 unspecified atom stereocenters. The number of allylic oxidation sites excluding steroid dienone is 1. The van der Waals surface area contributed by atoms with Crippen molar-refractivity contribution >= 4 is 41.5 Å². The lowest BCUT2D eigenvalue weighted by Crippen LogP contribution is -2.36. The first-order valence-electron chi connectivity index (χ1n) is 13.7. The van der Waals surface area contributed by atoms with Gasteiger partial charge in [-0.05, 0) is 86.3 Å². The normalized spacial score (nSPS) is 17.4. The van der Waals surface area contributed by atoms with Gasteiger partial charge in [0.1, 0.15) is 0 Å². The Morgan fingerprint density at radius 1 is 0.927 bits per heavy atom. The van der Waals surface area contributed by atoms with Crippen LogP contribution in [-0.4, -0.2) is 5.97 Å². The largest absolute Gasteiger partial charge is 0.441 e. The topological polar surface area (TPSA) is 41.6 Å². The maximum atomic E-state index is 13.4. The first-order chi connectivity index (χ1) is 19.8. The average molecular weight is 557 g/mol. The van der Waals surface area contributed by atoms with Crippen LogP contribution in [0.5, 0.6) is 0 Å². The highest BCUT2D eigenvalue weighted by atomic mass is 32.1. The molecular formula is C36H32N2O2S. The summed E-state index contributed by atoms with van der Waals surface area (Å²) in [4.78, 5) is 13.4. The lowest BCUT2D eigenvalue weighted by Gasteiger charge is -2.39. The smallest absolute Gasteiger partial charge is 0.340 e. The third-order valence-corrected chi connectivity index (χ3v) is 8.39. The minimum atomic E-state index is -1.10. The molecule has 0 radical (unpaired) electrons. The maximum Gasteiger partial charge on any atom is 0.340 e. The Morgan fingerprint density at radius 2 is 1.63 bits per heavy atom. The third-order valence-electron chi connectivity index (χ3n) is 7.93. The molecule has 0 aromatic heterocycles. The Kier molecular flexibility index (Phi) is 6.84. The van der Waals surface area contributed by atoms with Crippen LogP contribution in [0.4, 0.5) is 22.7 Å². The fraction of sp³-hybridized carbons (Fsp3) is 0.139. The fourth-order valence-electron chi connectivity index (χ4n) is 5.96. The predicted molar refractivity (Wildman–Crippen MR) is 171 cm³/mol. The second-order valence-electron chi connectivity index (χ2n) is 10.6. The molecule has 1 spiro atoms. The van der Waals surface area contributed by atoms with E-state index in [2.05, 4.69) is 74.3 Å². The molecule has 2 aliphatic rings. The van der Waals surface area contributed by atoms with Crippen LogP contribution >= 0.6 is 12.8 Å². The van der Waals surface area contributed by atoms with Gasteiger partial charge in [-0.15, -0.1) is 0 Å². The number of anilines is 4. The molecule has 1 aliphatic heterocycles. The molecule has 0 amide bonds. The molecule has 0 fully saturated rings. The van der Waals surface area contributed by atoms with Crippen LogP contribution in [0, 0.1) is 13.8 Å². The van der Waals surface area contributed by atoms with Crippen molar-refractivity contribution < 1.29 is 9.53 Å². The SMILES string of the molecule is C=CC1=C(/C=C\C)C2(OC1=O)c1ccc(N(S)c3ccc(C)cc3)cc1Cc1cc(C)c(Nc3ccccc3)cc12. The molecule has 1 heterocycles. The van der Waals surface area contributed by atoms with E-state index in [1.54, 1.807) is 6.08 Å². The molecule has 4 aromatic rings. The van der Waals surface area contributed by atoms with Gasteiger partial charge in [-0.3, -0.25) is 4.31 Å². The number of fused-ring (bicyclic) bond motifs is 4. The molecule has 4 nitrogen and oxygen atoms in total. The van der Waals surface area contributed by atoms with E-state index in [1.165, 1.54) is 5.56 Å². The molecule has 41 heavy (non-hydrogen) atoms. The van der Waals surface area contributed by atoms with Gasteiger partial charge < -0.3 is 10.1 Å². The summed E-state index contributed by atoms with van der Waals surface area (Å²) in [6, 6.07) is 29.0. The number of para-hydroxylation sites is 1. The quantitative estimate of drug-likeness (QED) is 0.184. The number of nitrogens with one attached hydrogen (secondary N) is 1. The van der Waals surface area contributed by atoms with E-state index in [-0.39, 0.29) is 5.97 Å². The van der Waals surface area contributed by atoms with E-state index in [1.807, 2.05) is 59.8 Å². The lowest BCUT2D eigenvalue weighted by molar-refractivity contribution is -0.144. The lowest BCUT2D eigenvalue weighted by atomic mass is 9.70. The van der Waals surface area contributed by atoms with Gasteiger partial charge in [0, 0.05) is 28.1 Å². The molecule has 0 bridgehead atoms. The van der Waals surface area contributed by atoms with Crippen molar-refractivity contribution in [2.45, 2.75) is 32.8 Å². The van der Waals surface area contributed by atoms with Crippen LogP contribution in [-0.2, 0) is 21.6 Å². The summed E-state index contributed by atoms with van der Waals surface area (Å²) in [7, 11) is 0. The third kappa shape index (κ3) is 4.47. The molecule has 204 valence electrons. The molecule has 1 N–H and O–H groups in total. The summed E-state index contributed by atoms with van der Waals surface area (Å²) in [5.74, 6) is -0.371. The van der Waals surface area contributed by atoms with Crippen molar-refractivity contribution in [1.29, 1.82) is 0 Å². The summed E-state index contributed by atoms with van der Waals surface area (Å²) in [6.45, 7) is 10.1. The summed E-state index contributed by atoms with van der Waals surface area (Å²) in [5, 5.41) is 3.57. The first kappa shape index (κ1) is 26.7. The van der Waals surface area contributed by atoms with Crippen LogP contribution in [0.2, 0.25) is 0 Å². The highest BCUT2D eigenvalue weighted by molar-refractivity contribution is 7.82. The zero-order chi connectivity index (χ0) is 28.7. The van der Waals surface area contributed by atoms with Crippen molar-refractivity contribution in [2.75, 3.05) is 9.62 Å². The van der Waals surface area contributed by atoms with Crippen molar-refractivity contribution in [1.82, 2.24) is 0 Å². The Morgan fingerprint density at radius 3 is 2.34 bits per heavy atom. The predicted octanol–water partition coefficient (Wildman–Crippen LogP) is 8.79. The van der Waals surface area contributed by atoms with Crippen molar-refractivity contribution in [3.8, 4) is 0 Å². The van der Waals surface area contributed by atoms with Crippen LogP contribution in [0.25, 0.3) is 0 Å². The van der Waals surface area contributed by atoms with E-state index in [9.17, 15) is 4.79 Å². The Balaban J connectivity index is 1.55. The second kappa shape index (κ2) is 10.5. The maximum absolute atomic E-state index is 13.4. The number of nitrogens with zero attached hydrogens (tertiary/aromatic N) is 1. The van der Waals surface area contributed by atoms with E-state index < -0.39 is 5.60 Å². The van der Waals surface area contributed by atoms with Crippen LogP contribution in [0.15, 0.2) is 121 Å². The minimum Gasteiger partial charge on any atom is -0.441 e. The molecule has 5 heteroatoms. The number of rotatable bonds is 6. The summed E-state index contributed by atoms with van der Waals surface area (Å²) in [6.07, 6.45) is 6.25. The number of ether oxygens (including phenoxy) is 1. The zero-order valence-electron chi connectivity index (χ0n) is 23.4. The van der Waals surface area contributed by atoms with E-state index in [0.29, 0.717) is 12.0 Å². The molecule has 0 saturated carbocycles. The van der Waals surface area contributed by atoms with Crippen LogP contribution in [0.3, 0.4) is 0 Å². The van der Waals surface area contributed by atoms with E-state index in [4.69, 9.17) is 17.6 Å². The van der Waals surface area contributed by atoms with Crippen molar-refractivity contribution in [3.63, 3.8) is 0 Å².